The Hall–Kier alpha value is -2.01. The number of nitrogens with zero attached hydrogens (tertiary/aromatic N) is 2. The Morgan fingerprint density at radius 3 is 2.84 bits per heavy atom. The third-order valence-corrected chi connectivity index (χ3v) is 2.97. The number of carboxylic acids is 1. The van der Waals surface area contributed by atoms with Crippen molar-refractivity contribution in [2.24, 2.45) is 0 Å². The van der Waals surface area contributed by atoms with Crippen molar-refractivity contribution >= 4 is 23.4 Å². The molecule has 5 nitrogen and oxygen atoms in total. The third kappa shape index (κ3) is 3.06. The average molecular weight is 281 g/mol. The molecule has 6 heteroatoms. The largest absolute Gasteiger partial charge is 0.476 e. The van der Waals surface area contributed by atoms with Gasteiger partial charge in [0.2, 0.25) is 0 Å². The SMILES string of the molecule is CCN(Cc1ccco1)c1ccc(Cl)c(C(=O)O)n1. The molecule has 0 atom stereocenters. The van der Waals surface area contributed by atoms with Crippen LogP contribution in [0.3, 0.4) is 0 Å². The minimum atomic E-state index is -1.14. The van der Waals surface area contributed by atoms with Gasteiger partial charge in [0.15, 0.2) is 5.69 Å². The van der Waals surface area contributed by atoms with Crippen molar-refractivity contribution in [3.63, 3.8) is 0 Å². The van der Waals surface area contributed by atoms with Gasteiger partial charge in [0, 0.05) is 6.54 Å². The van der Waals surface area contributed by atoms with E-state index in [4.69, 9.17) is 21.1 Å². The number of carbonyl (C=O) groups is 1. The Balaban J connectivity index is 2.28. The van der Waals surface area contributed by atoms with Crippen LogP contribution in [0.15, 0.2) is 34.9 Å². The fourth-order valence-corrected chi connectivity index (χ4v) is 1.89. The maximum Gasteiger partial charge on any atom is 0.356 e. The molecule has 0 unspecified atom stereocenters. The summed E-state index contributed by atoms with van der Waals surface area (Å²) in [6.07, 6.45) is 1.60. The van der Waals surface area contributed by atoms with Gasteiger partial charge < -0.3 is 14.4 Å². The summed E-state index contributed by atoms with van der Waals surface area (Å²) in [5.74, 6) is 0.206. The summed E-state index contributed by atoms with van der Waals surface area (Å²) < 4.78 is 5.28. The Kier molecular flexibility index (Phi) is 4.06. The minimum absolute atomic E-state index is 0.130. The molecule has 0 saturated carbocycles. The van der Waals surface area contributed by atoms with E-state index in [-0.39, 0.29) is 10.7 Å². The standard InChI is InChI=1S/C13H13ClN2O3/c1-2-16(8-9-4-3-7-19-9)11-6-5-10(14)12(15-11)13(17)18/h3-7H,2,8H2,1H3,(H,17,18). The van der Waals surface area contributed by atoms with Gasteiger partial charge in [0.25, 0.3) is 0 Å². The molecule has 2 aromatic heterocycles. The predicted molar refractivity (Wildman–Crippen MR) is 71.6 cm³/mol. The van der Waals surface area contributed by atoms with Gasteiger partial charge in [-0.05, 0) is 31.2 Å². The normalized spacial score (nSPS) is 10.4. The van der Waals surface area contributed by atoms with Crippen LogP contribution in [0.5, 0.6) is 0 Å². The molecule has 0 bridgehead atoms. The van der Waals surface area contributed by atoms with Crippen LogP contribution in [0.2, 0.25) is 5.02 Å². The number of pyridine rings is 1. The van der Waals surface area contributed by atoms with E-state index in [1.807, 2.05) is 17.9 Å². The smallest absolute Gasteiger partial charge is 0.356 e. The molecule has 0 aliphatic carbocycles. The van der Waals surface area contributed by atoms with Crippen molar-refractivity contribution in [3.05, 3.63) is 47.0 Å². The summed E-state index contributed by atoms with van der Waals surface area (Å²) in [4.78, 5) is 17.0. The lowest BCUT2D eigenvalue weighted by molar-refractivity contribution is 0.0691. The predicted octanol–water partition coefficient (Wildman–Crippen LogP) is 3.05. The van der Waals surface area contributed by atoms with Crippen LogP contribution < -0.4 is 4.90 Å². The van der Waals surface area contributed by atoms with E-state index in [0.717, 1.165) is 5.76 Å². The van der Waals surface area contributed by atoms with Crippen molar-refractivity contribution in [3.8, 4) is 0 Å². The molecule has 1 N–H and O–H groups in total. The van der Waals surface area contributed by atoms with E-state index in [1.54, 1.807) is 18.4 Å². The highest BCUT2D eigenvalue weighted by Gasteiger charge is 2.15. The van der Waals surface area contributed by atoms with E-state index in [9.17, 15) is 4.79 Å². The highest BCUT2D eigenvalue weighted by atomic mass is 35.5. The van der Waals surface area contributed by atoms with Crippen LogP contribution in [0.4, 0.5) is 5.82 Å². The van der Waals surface area contributed by atoms with Gasteiger partial charge in [-0.1, -0.05) is 11.6 Å². The summed E-state index contributed by atoms with van der Waals surface area (Å²) in [6.45, 7) is 3.16. The maximum atomic E-state index is 11.0. The topological polar surface area (TPSA) is 66.6 Å². The number of aromatic nitrogens is 1. The number of halogens is 1. The van der Waals surface area contributed by atoms with Crippen molar-refractivity contribution in [2.45, 2.75) is 13.5 Å². The van der Waals surface area contributed by atoms with E-state index in [1.165, 1.54) is 6.07 Å². The first-order valence-corrected chi connectivity index (χ1v) is 6.16. The molecular weight excluding hydrogens is 268 g/mol. The Labute approximate surface area is 115 Å². The fourth-order valence-electron chi connectivity index (χ4n) is 1.70. The number of hydrogen-bond donors (Lipinski definition) is 1. The van der Waals surface area contributed by atoms with Crippen LogP contribution in [-0.4, -0.2) is 22.6 Å². The lowest BCUT2D eigenvalue weighted by Gasteiger charge is -2.21. The molecule has 0 amide bonds. The average Bonchev–Trinajstić information content (AvgIpc) is 2.89. The summed E-state index contributed by atoms with van der Waals surface area (Å²) in [7, 11) is 0. The van der Waals surface area contributed by atoms with Crippen LogP contribution in [0, 0.1) is 0 Å². The molecule has 0 aromatic carbocycles. The minimum Gasteiger partial charge on any atom is -0.476 e. The third-order valence-electron chi connectivity index (χ3n) is 2.67. The molecule has 2 heterocycles. The second kappa shape index (κ2) is 5.75. The van der Waals surface area contributed by atoms with Gasteiger partial charge in [-0.3, -0.25) is 0 Å². The maximum absolute atomic E-state index is 11.0. The second-order valence-corrected chi connectivity index (χ2v) is 4.31. The molecule has 0 radical (unpaired) electrons. The quantitative estimate of drug-likeness (QED) is 0.912. The van der Waals surface area contributed by atoms with Crippen molar-refractivity contribution in [1.29, 1.82) is 0 Å². The van der Waals surface area contributed by atoms with Gasteiger partial charge in [0.05, 0.1) is 17.8 Å². The molecule has 2 rings (SSSR count). The van der Waals surface area contributed by atoms with E-state index in [2.05, 4.69) is 4.98 Å². The highest BCUT2D eigenvalue weighted by Crippen LogP contribution is 2.21. The van der Waals surface area contributed by atoms with Gasteiger partial charge in [-0.2, -0.15) is 0 Å². The molecule has 0 saturated heterocycles. The van der Waals surface area contributed by atoms with E-state index < -0.39 is 5.97 Å². The van der Waals surface area contributed by atoms with E-state index in [0.29, 0.717) is 18.9 Å². The van der Waals surface area contributed by atoms with E-state index >= 15 is 0 Å². The van der Waals surface area contributed by atoms with Gasteiger partial charge in [-0.15, -0.1) is 0 Å². The first kappa shape index (κ1) is 13.4. The molecule has 2 aromatic rings. The van der Waals surface area contributed by atoms with Crippen molar-refractivity contribution < 1.29 is 14.3 Å². The lowest BCUT2D eigenvalue weighted by atomic mass is 10.3. The highest BCUT2D eigenvalue weighted by molar-refractivity contribution is 6.33. The van der Waals surface area contributed by atoms with Crippen molar-refractivity contribution in [1.82, 2.24) is 4.98 Å². The summed E-state index contributed by atoms with van der Waals surface area (Å²) >= 11 is 5.80. The Morgan fingerprint density at radius 2 is 2.26 bits per heavy atom. The number of rotatable bonds is 5. The molecule has 0 aliphatic heterocycles. The van der Waals surface area contributed by atoms with Gasteiger partial charge in [-0.25, -0.2) is 9.78 Å². The number of furan rings is 1. The van der Waals surface area contributed by atoms with Crippen LogP contribution in [0.25, 0.3) is 0 Å². The Morgan fingerprint density at radius 1 is 1.47 bits per heavy atom. The number of carboxylic acid groups (broad SMARTS) is 1. The first-order valence-electron chi connectivity index (χ1n) is 5.79. The molecule has 0 fully saturated rings. The zero-order chi connectivity index (χ0) is 13.8. The van der Waals surface area contributed by atoms with Crippen LogP contribution in [-0.2, 0) is 6.54 Å². The van der Waals surface area contributed by atoms with Gasteiger partial charge >= 0.3 is 5.97 Å². The lowest BCUT2D eigenvalue weighted by Crippen LogP contribution is -2.23. The molecule has 19 heavy (non-hydrogen) atoms. The first-order chi connectivity index (χ1) is 9.11. The van der Waals surface area contributed by atoms with Crippen LogP contribution >= 0.6 is 11.6 Å². The molecule has 100 valence electrons. The Bertz CT molecular complexity index is 569. The molecular formula is C13H13ClN2O3. The number of aromatic carboxylic acids is 1. The number of anilines is 1. The van der Waals surface area contributed by atoms with Crippen molar-refractivity contribution in [2.75, 3.05) is 11.4 Å². The second-order valence-electron chi connectivity index (χ2n) is 3.90. The summed E-state index contributed by atoms with van der Waals surface area (Å²) in [6, 6.07) is 6.90. The summed E-state index contributed by atoms with van der Waals surface area (Å²) in [5.41, 5.74) is -0.142. The monoisotopic (exact) mass is 280 g/mol. The zero-order valence-corrected chi connectivity index (χ0v) is 11.1. The zero-order valence-electron chi connectivity index (χ0n) is 10.3. The number of hydrogen-bond acceptors (Lipinski definition) is 4. The van der Waals surface area contributed by atoms with Crippen LogP contribution in [0.1, 0.15) is 23.2 Å². The fraction of sp³-hybridized carbons (Fsp3) is 0.231. The molecule has 0 aliphatic rings. The van der Waals surface area contributed by atoms with Gasteiger partial charge in [0.1, 0.15) is 11.6 Å². The summed E-state index contributed by atoms with van der Waals surface area (Å²) in [5, 5.41) is 9.15. The molecule has 0 spiro atoms.